The lowest BCUT2D eigenvalue weighted by Crippen LogP contribution is -2.53. The highest BCUT2D eigenvalue weighted by molar-refractivity contribution is 9.10. The largest absolute Gasteiger partial charge is 0.354 e. The van der Waals surface area contributed by atoms with E-state index in [1.807, 2.05) is 75.4 Å². The standard InChI is InChI=1S/C35H37BrClN3O4S/c1-4-20-38-35(42)33(21-27-8-6-5-7-9-27)39(23-28-13-15-29(36)16-14-28)34(41)24-40(30-17-12-26(3)32(37)22-30)45(43,44)31-18-10-25(2)11-19-31/h5-19,22,33H,4,20-21,23-24H2,1-3H3,(H,38,42)/t33-/m1/s1. The molecule has 0 radical (unpaired) electrons. The molecule has 0 saturated carbocycles. The maximum Gasteiger partial charge on any atom is 0.264 e. The molecule has 4 aromatic rings. The Balaban J connectivity index is 1.81. The number of carbonyl (C=O) groups excluding carboxylic acids is 2. The van der Waals surface area contributed by atoms with Crippen molar-refractivity contribution in [1.29, 1.82) is 0 Å². The van der Waals surface area contributed by atoms with Gasteiger partial charge in [-0.3, -0.25) is 13.9 Å². The zero-order valence-corrected chi connectivity index (χ0v) is 28.7. The van der Waals surface area contributed by atoms with E-state index in [4.69, 9.17) is 11.6 Å². The van der Waals surface area contributed by atoms with E-state index in [0.29, 0.717) is 11.6 Å². The first-order valence-electron chi connectivity index (χ1n) is 14.7. The molecule has 1 N–H and O–H groups in total. The fourth-order valence-corrected chi connectivity index (χ4v) is 6.65. The third-order valence-electron chi connectivity index (χ3n) is 7.42. The lowest BCUT2D eigenvalue weighted by molar-refractivity contribution is -0.140. The Morgan fingerprint density at radius 2 is 1.56 bits per heavy atom. The maximum absolute atomic E-state index is 14.5. The third-order valence-corrected chi connectivity index (χ3v) is 10.1. The van der Waals surface area contributed by atoms with Crippen molar-refractivity contribution in [2.24, 2.45) is 0 Å². The van der Waals surface area contributed by atoms with Crippen LogP contribution in [-0.2, 0) is 32.6 Å². The highest BCUT2D eigenvalue weighted by atomic mass is 79.9. The average Bonchev–Trinajstić information content (AvgIpc) is 3.03. The Morgan fingerprint density at radius 3 is 2.18 bits per heavy atom. The van der Waals surface area contributed by atoms with Crippen molar-refractivity contribution in [2.45, 2.75) is 51.1 Å². The molecule has 45 heavy (non-hydrogen) atoms. The summed E-state index contributed by atoms with van der Waals surface area (Å²) < 4.78 is 30.3. The van der Waals surface area contributed by atoms with Gasteiger partial charge < -0.3 is 10.2 Å². The first-order valence-corrected chi connectivity index (χ1v) is 17.3. The van der Waals surface area contributed by atoms with Crippen molar-refractivity contribution in [2.75, 3.05) is 17.4 Å². The van der Waals surface area contributed by atoms with Crippen LogP contribution in [0.1, 0.15) is 35.6 Å². The van der Waals surface area contributed by atoms with Gasteiger partial charge in [0.05, 0.1) is 10.6 Å². The van der Waals surface area contributed by atoms with Crippen molar-refractivity contribution in [3.8, 4) is 0 Å². The molecule has 0 aliphatic heterocycles. The monoisotopic (exact) mass is 709 g/mol. The van der Waals surface area contributed by atoms with E-state index in [-0.39, 0.29) is 29.5 Å². The van der Waals surface area contributed by atoms with Crippen molar-refractivity contribution in [3.05, 3.63) is 129 Å². The highest BCUT2D eigenvalue weighted by Crippen LogP contribution is 2.29. The normalized spacial score (nSPS) is 11.9. The summed E-state index contributed by atoms with van der Waals surface area (Å²) in [4.78, 5) is 29.7. The van der Waals surface area contributed by atoms with Gasteiger partial charge in [0.2, 0.25) is 11.8 Å². The van der Waals surface area contributed by atoms with E-state index in [2.05, 4.69) is 21.2 Å². The number of carbonyl (C=O) groups is 2. The lowest BCUT2D eigenvalue weighted by atomic mass is 10.0. The van der Waals surface area contributed by atoms with Crippen LogP contribution in [0.5, 0.6) is 0 Å². The molecule has 10 heteroatoms. The zero-order valence-electron chi connectivity index (χ0n) is 25.5. The molecule has 0 spiro atoms. The number of anilines is 1. The first kappa shape index (κ1) is 34.2. The Kier molecular flexibility index (Phi) is 11.8. The molecule has 2 amide bonds. The van der Waals surface area contributed by atoms with Crippen LogP contribution in [0.25, 0.3) is 0 Å². The second-order valence-corrected chi connectivity index (χ2v) is 14.1. The fraction of sp³-hybridized carbons (Fsp3) is 0.257. The molecule has 0 saturated heterocycles. The zero-order chi connectivity index (χ0) is 32.6. The predicted molar refractivity (Wildman–Crippen MR) is 184 cm³/mol. The fourth-order valence-electron chi connectivity index (χ4n) is 4.81. The van der Waals surface area contributed by atoms with Crippen LogP contribution < -0.4 is 9.62 Å². The van der Waals surface area contributed by atoms with E-state index < -0.39 is 28.5 Å². The average molecular weight is 711 g/mol. The summed E-state index contributed by atoms with van der Waals surface area (Å²) in [6.45, 7) is 5.64. The summed E-state index contributed by atoms with van der Waals surface area (Å²) in [5.41, 5.74) is 3.58. The SMILES string of the molecule is CCCNC(=O)[C@@H](Cc1ccccc1)N(Cc1ccc(Br)cc1)C(=O)CN(c1ccc(C)c(Cl)c1)S(=O)(=O)c1ccc(C)cc1. The molecule has 4 rings (SSSR count). The van der Waals surface area contributed by atoms with Crippen LogP contribution in [0.4, 0.5) is 5.69 Å². The Labute approximate surface area is 279 Å². The summed E-state index contributed by atoms with van der Waals surface area (Å²) in [5.74, 6) is -0.838. The van der Waals surface area contributed by atoms with Gasteiger partial charge in [0.15, 0.2) is 0 Å². The molecular formula is C35H37BrClN3O4S. The molecule has 1 atom stereocenters. The molecule has 0 unspecified atom stereocenters. The molecule has 0 aromatic heterocycles. The van der Waals surface area contributed by atoms with Gasteiger partial charge in [0.25, 0.3) is 10.0 Å². The molecule has 7 nitrogen and oxygen atoms in total. The quantitative estimate of drug-likeness (QED) is 0.161. The van der Waals surface area contributed by atoms with Crippen LogP contribution in [0.2, 0.25) is 5.02 Å². The van der Waals surface area contributed by atoms with E-state index in [0.717, 1.165) is 37.5 Å². The molecule has 236 valence electrons. The number of rotatable bonds is 13. The molecule has 0 aliphatic rings. The van der Waals surface area contributed by atoms with E-state index in [1.165, 1.54) is 17.0 Å². The second kappa shape index (κ2) is 15.6. The van der Waals surface area contributed by atoms with Gasteiger partial charge in [-0.2, -0.15) is 0 Å². The predicted octanol–water partition coefficient (Wildman–Crippen LogP) is 7.08. The van der Waals surface area contributed by atoms with E-state index in [9.17, 15) is 18.0 Å². The van der Waals surface area contributed by atoms with Crippen LogP contribution in [0.15, 0.2) is 106 Å². The van der Waals surface area contributed by atoms with Crippen LogP contribution in [-0.4, -0.2) is 44.3 Å². The molecule has 0 heterocycles. The van der Waals surface area contributed by atoms with Crippen molar-refractivity contribution in [1.82, 2.24) is 10.2 Å². The van der Waals surface area contributed by atoms with Gasteiger partial charge in [-0.25, -0.2) is 8.42 Å². The number of benzene rings is 4. The van der Waals surface area contributed by atoms with Gasteiger partial charge in [-0.1, -0.05) is 101 Å². The van der Waals surface area contributed by atoms with Crippen molar-refractivity contribution in [3.63, 3.8) is 0 Å². The second-order valence-electron chi connectivity index (χ2n) is 10.9. The number of amides is 2. The molecule has 0 fully saturated rings. The van der Waals surface area contributed by atoms with Crippen LogP contribution >= 0.6 is 27.5 Å². The Morgan fingerprint density at radius 1 is 0.889 bits per heavy atom. The minimum Gasteiger partial charge on any atom is -0.354 e. The van der Waals surface area contributed by atoms with E-state index >= 15 is 0 Å². The Hall–Kier alpha value is -3.66. The van der Waals surface area contributed by atoms with Gasteiger partial charge in [0.1, 0.15) is 12.6 Å². The number of hydrogen-bond acceptors (Lipinski definition) is 4. The minimum atomic E-state index is -4.21. The maximum atomic E-state index is 14.5. The van der Waals surface area contributed by atoms with Gasteiger partial charge in [0, 0.05) is 29.0 Å². The molecule has 0 bridgehead atoms. The summed E-state index contributed by atoms with van der Waals surface area (Å²) in [5, 5.41) is 3.33. The van der Waals surface area contributed by atoms with Crippen LogP contribution in [0.3, 0.4) is 0 Å². The van der Waals surface area contributed by atoms with Crippen molar-refractivity contribution < 1.29 is 18.0 Å². The van der Waals surface area contributed by atoms with Gasteiger partial charge in [-0.05, 0) is 73.4 Å². The highest BCUT2D eigenvalue weighted by Gasteiger charge is 2.34. The third kappa shape index (κ3) is 8.96. The topological polar surface area (TPSA) is 86.8 Å². The summed E-state index contributed by atoms with van der Waals surface area (Å²) in [6.07, 6.45) is 0.973. The number of sulfonamides is 1. The minimum absolute atomic E-state index is 0.0404. The summed E-state index contributed by atoms with van der Waals surface area (Å²) in [6, 6.07) is 27.4. The van der Waals surface area contributed by atoms with E-state index in [1.54, 1.807) is 30.3 Å². The smallest absolute Gasteiger partial charge is 0.264 e. The van der Waals surface area contributed by atoms with Gasteiger partial charge in [-0.15, -0.1) is 0 Å². The summed E-state index contributed by atoms with van der Waals surface area (Å²) in [7, 11) is -4.21. The number of aryl methyl sites for hydroxylation is 2. The molecular weight excluding hydrogens is 674 g/mol. The Bertz CT molecular complexity index is 1720. The number of halogens is 2. The van der Waals surface area contributed by atoms with Crippen LogP contribution in [0, 0.1) is 13.8 Å². The summed E-state index contributed by atoms with van der Waals surface area (Å²) >= 11 is 9.91. The number of nitrogens with zero attached hydrogens (tertiary/aromatic N) is 2. The number of nitrogens with one attached hydrogen (secondary N) is 1. The van der Waals surface area contributed by atoms with Gasteiger partial charge >= 0.3 is 0 Å². The first-order chi connectivity index (χ1) is 21.5. The molecule has 0 aliphatic carbocycles. The lowest BCUT2D eigenvalue weighted by Gasteiger charge is -2.34. The van der Waals surface area contributed by atoms with Crippen molar-refractivity contribution >= 4 is 55.1 Å². The molecule has 4 aromatic carbocycles. The number of hydrogen-bond donors (Lipinski definition) is 1.